The number of anilines is 3. The second kappa shape index (κ2) is 10.7. The van der Waals surface area contributed by atoms with Crippen LogP contribution in [0.3, 0.4) is 0 Å². The molecule has 3 aromatic heterocycles. The first-order valence-corrected chi connectivity index (χ1v) is 13.9. The van der Waals surface area contributed by atoms with E-state index < -0.39 is 17.1 Å². The Balaban J connectivity index is 1.23. The SMILES string of the molecule is Cc1c(C(=O)Nc2ccc(-c3nc(-c4ccnc(N5CC(C)(O)C5)c4)cnc3N)cc2)c(=O)n(-c2cccc(Cl)c2)n1C. The molecule has 0 radical (unpaired) electrons. The lowest BCUT2D eigenvalue weighted by Crippen LogP contribution is -2.60. The number of carbonyl (C=O) groups is 1. The van der Waals surface area contributed by atoms with E-state index in [1.165, 1.54) is 4.68 Å². The zero-order chi connectivity index (χ0) is 30.5. The van der Waals surface area contributed by atoms with Gasteiger partial charge < -0.3 is 21.1 Å². The summed E-state index contributed by atoms with van der Waals surface area (Å²) in [6.07, 6.45) is 3.31. The summed E-state index contributed by atoms with van der Waals surface area (Å²) in [6, 6.07) is 17.6. The molecule has 4 heterocycles. The fourth-order valence-electron chi connectivity index (χ4n) is 5.21. The Kier molecular flexibility index (Phi) is 6.99. The van der Waals surface area contributed by atoms with Gasteiger partial charge in [0.15, 0.2) is 0 Å². The zero-order valence-electron chi connectivity index (χ0n) is 23.7. The highest BCUT2D eigenvalue weighted by Crippen LogP contribution is 2.31. The molecule has 0 spiro atoms. The Hall–Kier alpha value is -5.00. The Morgan fingerprint density at radius 2 is 1.81 bits per heavy atom. The fraction of sp³-hybridized carbons (Fsp3) is 0.194. The predicted molar refractivity (Wildman–Crippen MR) is 167 cm³/mol. The van der Waals surface area contributed by atoms with E-state index in [0.29, 0.717) is 52.1 Å². The van der Waals surface area contributed by atoms with Gasteiger partial charge in [-0.25, -0.2) is 19.6 Å². The third kappa shape index (κ3) is 5.36. The average molecular weight is 597 g/mol. The van der Waals surface area contributed by atoms with Gasteiger partial charge in [-0.3, -0.25) is 14.3 Å². The van der Waals surface area contributed by atoms with Crippen LogP contribution in [0, 0.1) is 6.92 Å². The first-order chi connectivity index (χ1) is 20.5. The summed E-state index contributed by atoms with van der Waals surface area (Å²) in [4.78, 5) is 42.1. The van der Waals surface area contributed by atoms with Crippen LogP contribution in [0.2, 0.25) is 5.02 Å². The molecule has 1 fully saturated rings. The van der Waals surface area contributed by atoms with Crippen molar-refractivity contribution in [2.45, 2.75) is 19.4 Å². The Morgan fingerprint density at radius 1 is 1.07 bits per heavy atom. The molecule has 1 amide bonds. The van der Waals surface area contributed by atoms with Crippen molar-refractivity contribution in [1.82, 2.24) is 24.3 Å². The highest BCUT2D eigenvalue weighted by atomic mass is 35.5. The number of nitrogens with zero attached hydrogens (tertiary/aromatic N) is 6. The second-order valence-electron chi connectivity index (χ2n) is 10.9. The number of hydrogen-bond acceptors (Lipinski definition) is 8. The van der Waals surface area contributed by atoms with Crippen molar-refractivity contribution in [2.75, 3.05) is 29.0 Å². The van der Waals surface area contributed by atoms with Gasteiger partial charge in [-0.15, -0.1) is 0 Å². The number of nitrogens with one attached hydrogen (secondary N) is 1. The van der Waals surface area contributed by atoms with Gasteiger partial charge >= 0.3 is 0 Å². The van der Waals surface area contributed by atoms with Gasteiger partial charge in [0.1, 0.15) is 22.9 Å². The Bertz CT molecular complexity index is 1920. The Labute approximate surface area is 252 Å². The first kappa shape index (κ1) is 28.1. The molecule has 0 unspecified atom stereocenters. The van der Waals surface area contributed by atoms with Crippen LogP contribution in [0.15, 0.2) is 77.9 Å². The maximum absolute atomic E-state index is 13.3. The summed E-state index contributed by atoms with van der Waals surface area (Å²) in [5, 5.41) is 13.4. The van der Waals surface area contributed by atoms with E-state index in [1.54, 1.807) is 86.5 Å². The van der Waals surface area contributed by atoms with E-state index >= 15 is 0 Å². The summed E-state index contributed by atoms with van der Waals surface area (Å²) >= 11 is 6.12. The molecule has 11 nitrogen and oxygen atoms in total. The van der Waals surface area contributed by atoms with Crippen molar-refractivity contribution in [1.29, 1.82) is 0 Å². The van der Waals surface area contributed by atoms with Crippen molar-refractivity contribution in [2.24, 2.45) is 7.05 Å². The highest BCUT2D eigenvalue weighted by Gasteiger charge is 2.37. The summed E-state index contributed by atoms with van der Waals surface area (Å²) in [5.41, 5.74) is 9.27. The molecule has 1 saturated heterocycles. The molecule has 0 aliphatic carbocycles. The molecule has 0 atom stereocenters. The molecular weight excluding hydrogens is 568 g/mol. The molecule has 218 valence electrons. The van der Waals surface area contributed by atoms with Gasteiger partial charge in [0, 0.05) is 48.2 Å². The number of aromatic nitrogens is 5. The number of rotatable bonds is 6. The van der Waals surface area contributed by atoms with Crippen LogP contribution in [0.1, 0.15) is 23.0 Å². The number of aliphatic hydroxyl groups is 1. The molecular formula is C31H29ClN8O3. The summed E-state index contributed by atoms with van der Waals surface area (Å²) in [6.45, 7) is 4.52. The topological polar surface area (TPSA) is 144 Å². The minimum Gasteiger partial charge on any atom is -0.386 e. The third-order valence-electron chi connectivity index (χ3n) is 7.48. The van der Waals surface area contributed by atoms with Gasteiger partial charge in [-0.1, -0.05) is 29.8 Å². The quantitative estimate of drug-likeness (QED) is 0.266. The minimum atomic E-state index is -0.715. The number of halogens is 1. The van der Waals surface area contributed by atoms with Crippen molar-refractivity contribution >= 4 is 34.8 Å². The number of pyridine rings is 1. The van der Waals surface area contributed by atoms with Gasteiger partial charge in [0.05, 0.1) is 28.9 Å². The Morgan fingerprint density at radius 3 is 2.51 bits per heavy atom. The number of benzene rings is 2. The van der Waals surface area contributed by atoms with Gasteiger partial charge in [0.2, 0.25) is 0 Å². The molecule has 5 aromatic rings. The second-order valence-corrected chi connectivity index (χ2v) is 11.3. The fourth-order valence-corrected chi connectivity index (χ4v) is 5.40. The summed E-state index contributed by atoms with van der Waals surface area (Å²) in [5.74, 6) is 0.484. The van der Waals surface area contributed by atoms with Crippen LogP contribution in [-0.4, -0.2) is 54.0 Å². The van der Waals surface area contributed by atoms with E-state index in [9.17, 15) is 14.7 Å². The van der Waals surface area contributed by atoms with Crippen LogP contribution in [0.5, 0.6) is 0 Å². The van der Waals surface area contributed by atoms with Crippen LogP contribution >= 0.6 is 11.6 Å². The standard InChI is InChI=1S/C31H29ClN8O3/c1-18-26(30(42)40(38(18)3)23-6-4-5-21(32)14-23)29(41)36-22-9-7-19(8-10-22)27-28(33)35-15-24(37-27)20-11-12-34-25(13-20)39-16-31(2,43)17-39/h4-15,43H,16-17H2,1-3H3,(H2,33,35)(H,36,41). The normalized spacial score (nSPS) is 13.9. The summed E-state index contributed by atoms with van der Waals surface area (Å²) < 4.78 is 3.03. The predicted octanol–water partition coefficient (Wildman–Crippen LogP) is 4.06. The van der Waals surface area contributed by atoms with Crippen molar-refractivity contribution in [3.8, 4) is 28.2 Å². The smallest absolute Gasteiger partial charge is 0.284 e. The molecule has 12 heteroatoms. The molecule has 43 heavy (non-hydrogen) atoms. The van der Waals surface area contributed by atoms with E-state index in [2.05, 4.69) is 15.3 Å². The first-order valence-electron chi connectivity index (χ1n) is 13.5. The largest absolute Gasteiger partial charge is 0.386 e. The van der Waals surface area contributed by atoms with E-state index in [1.807, 2.05) is 17.0 Å². The lowest BCUT2D eigenvalue weighted by atomic mass is 9.97. The summed E-state index contributed by atoms with van der Waals surface area (Å²) in [7, 11) is 1.71. The third-order valence-corrected chi connectivity index (χ3v) is 7.71. The van der Waals surface area contributed by atoms with Crippen LogP contribution in [-0.2, 0) is 7.05 Å². The molecule has 4 N–H and O–H groups in total. The molecule has 2 aromatic carbocycles. The maximum atomic E-state index is 13.3. The van der Waals surface area contributed by atoms with Crippen molar-refractivity contribution in [3.05, 3.63) is 99.7 Å². The number of hydrogen-bond donors (Lipinski definition) is 3. The lowest BCUT2D eigenvalue weighted by Gasteiger charge is -2.45. The zero-order valence-corrected chi connectivity index (χ0v) is 24.5. The number of nitrogen functional groups attached to an aromatic ring is 1. The number of β-amino-alcohol motifs (C(OH)–C–C–N with tert-alkyl or cyclic N) is 1. The van der Waals surface area contributed by atoms with Gasteiger partial charge in [-0.05, 0) is 56.3 Å². The van der Waals surface area contributed by atoms with Gasteiger partial charge in [-0.2, -0.15) is 0 Å². The number of amides is 1. The average Bonchev–Trinajstić information content (AvgIpc) is 3.19. The van der Waals surface area contributed by atoms with Crippen LogP contribution in [0.4, 0.5) is 17.3 Å². The molecule has 0 bridgehead atoms. The molecule has 6 rings (SSSR count). The number of carbonyl (C=O) groups excluding carboxylic acids is 1. The van der Waals surface area contributed by atoms with Crippen molar-refractivity contribution < 1.29 is 9.90 Å². The van der Waals surface area contributed by atoms with Crippen LogP contribution < -0.4 is 21.5 Å². The van der Waals surface area contributed by atoms with E-state index in [0.717, 1.165) is 11.4 Å². The highest BCUT2D eigenvalue weighted by molar-refractivity contribution is 6.30. The van der Waals surface area contributed by atoms with Gasteiger partial charge in [0.25, 0.3) is 11.5 Å². The van der Waals surface area contributed by atoms with E-state index in [-0.39, 0.29) is 11.4 Å². The molecule has 0 saturated carbocycles. The lowest BCUT2D eigenvalue weighted by molar-refractivity contribution is 0.0305. The van der Waals surface area contributed by atoms with E-state index in [4.69, 9.17) is 22.3 Å². The maximum Gasteiger partial charge on any atom is 0.284 e. The molecule has 1 aliphatic rings. The van der Waals surface area contributed by atoms with Crippen molar-refractivity contribution in [3.63, 3.8) is 0 Å². The van der Waals surface area contributed by atoms with Crippen LogP contribution in [0.25, 0.3) is 28.2 Å². The minimum absolute atomic E-state index is 0.0351. The molecule has 1 aliphatic heterocycles. The monoisotopic (exact) mass is 596 g/mol. The number of nitrogens with two attached hydrogens (primary N) is 1.